The summed E-state index contributed by atoms with van der Waals surface area (Å²) in [6, 6.07) is 6.64. The fourth-order valence-electron chi connectivity index (χ4n) is 2.10. The van der Waals surface area contributed by atoms with Crippen LogP contribution >= 0.6 is 11.6 Å². The van der Waals surface area contributed by atoms with Gasteiger partial charge in [0.2, 0.25) is 0 Å². The second-order valence-electron chi connectivity index (χ2n) is 5.74. The highest BCUT2D eigenvalue weighted by Crippen LogP contribution is 2.16. The van der Waals surface area contributed by atoms with Crippen LogP contribution in [0, 0.1) is 5.92 Å². The summed E-state index contributed by atoms with van der Waals surface area (Å²) in [5.74, 6) is 0.631. The monoisotopic (exact) mass is 356 g/mol. The highest BCUT2D eigenvalue weighted by atomic mass is 35.5. The van der Waals surface area contributed by atoms with Crippen molar-refractivity contribution < 1.29 is 19.1 Å². The van der Waals surface area contributed by atoms with Crippen LogP contribution in [0.2, 0.25) is 5.02 Å². The van der Waals surface area contributed by atoms with Crippen molar-refractivity contribution in [3.8, 4) is 5.75 Å². The Morgan fingerprint density at radius 2 is 2.04 bits per heavy atom. The van der Waals surface area contributed by atoms with Crippen molar-refractivity contribution in [2.45, 2.75) is 33.2 Å². The molecule has 0 fully saturated rings. The molecule has 0 spiro atoms. The molecule has 0 aliphatic rings. The highest BCUT2D eigenvalue weighted by Gasteiger charge is 2.16. The van der Waals surface area contributed by atoms with Crippen molar-refractivity contribution in [2.24, 2.45) is 5.92 Å². The molecule has 2 N–H and O–H groups in total. The molecule has 0 aliphatic heterocycles. The van der Waals surface area contributed by atoms with Crippen LogP contribution in [0.15, 0.2) is 24.3 Å². The minimum atomic E-state index is -0.479. The topological polar surface area (TPSA) is 76.7 Å². The SMILES string of the molecule is CCOC(=O)NC(CNC(=O)COc1cccc(Cl)c1)CC(C)C. The van der Waals surface area contributed by atoms with E-state index in [-0.39, 0.29) is 18.6 Å². The second kappa shape index (κ2) is 10.8. The van der Waals surface area contributed by atoms with Crippen LogP contribution in [0.4, 0.5) is 4.79 Å². The standard InChI is InChI=1S/C17H25ClN2O4/c1-4-23-17(22)20-14(8-12(2)3)10-19-16(21)11-24-15-7-5-6-13(18)9-15/h5-7,9,12,14H,4,8,10-11H2,1-3H3,(H,19,21)(H,20,22). The smallest absolute Gasteiger partial charge is 0.407 e. The van der Waals surface area contributed by atoms with Gasteiger partial charge in [-0.3, -0.25) is 4.79 Å². The third kappa shape index (κ3) is 8.62. The van der Waals surface area contributed by atoms with E-state index in [2.05, 4.69) is 10.6 Å². The second-order valence-corrected chi connectivity index (χ2v) is 6.18. The largest absolute Gasteiger partial charge is 0.484 e. The highest BCUT2D eigenvalue weighted by molar-refractivity contribution is 6.30. The van der Waals surface area contributed by atoms with E-state index in [4.69, 9.17) is 21.1 Å². The third-order valence-corrected chi connectivity index (χ3v) is 3.30. The molecule has 0 aliphatic carbocycles. The molecule has 0 saturated carbocycles. The fraction of sp³-hybridized carbons (Fsp3) is 0.529. The average molecular weight is 357 g/mol. The van der Waals surface area contributed by atoms with Gasteiger partial charge in [0.25, 0.3) is 5.91 Å². The maximum Gasteiger partial charge on any atom is 0.407 e. The van der Waals surface area contributed by atoms with Gasteiger partial charge in [0, 0.05) is 17.6 Å². The lowest BCUT2D eigenvalue weighted by Gasteiger charge is -2.20. The molecule has 134 valence electrons. The van der Waals surface area contributed by atoms with Crippen molar-refractivity contribution in [1.82, 2.24) is 10.6 Å². The van der Waals surface area contributed by atoms with Gasteiger partial charge in [-0.2, -0.15) is 0 Å². The number of halogens is 1. The van der Waals surface area contributed by atoms with E-state index < -0.39 is 6.09 Å². The fourth-order valence-corrected chi connectivity index (χ4v) is 2.28. The quantitative estimate of drug-likeness (QED) is 0.713. The Kier molecular flexibility index (Phi) is 9.01. The number of ether oxygens (including phenoxy) is 2. The summed E-state index contributed by atoms with van der Waals surface area (Å²) in [4.78, 5) is 23.4. The van der Waals surface area contributed by atoms with Crippen LogP contribution in [-0.4, -0.2) is 37.8 Å². The number of benzene rings is 1. The van der Waals surface area contributed by atoms with E-state index in [0.29, 0.717) is 29.8 Å². The van der Waals surface area contributed by atoms with Gasteiger partial charge >= 0.3 is 6.09 Å². The molecule has 2 amide bonds. The van der Waals surface area contributed by atoms with Crippen LogP contribution in [-0.2, 0) is 9.53 Å². The van der Waals surface area contributed by atoms with Gasteiger partial charge in [-0.05, 0) is 37.5 Å². The van der Waals surface area contributed by atoms with Gasteiger partial charge in [0.1, 0.15) is 5.75 Å². The number of carbonyl (C=O) groups is 2. The lowest BCUT2D eigenvalue weighted by atomic mass is 10.0. The summed E-state index contributed by atoms with van der Waals surface area (Å²) >= 11 is 5.85. The predicted molar refractivity (Wildman–Crippen MR) is 93.4 cm³/mol. The van der Waals surface area contributed by atoms with E-state index in [1.54, 1.807) is 31.2 Å². The molecule has 1 aromatic carbocycles. The van der Waals surface area contributed by atoms with Crippen LogP contribution < -0.4 is 15.4 Å². The molecule has 1 atom stereocenters. The Morgan fingerprint density at radius 3 is 2.67 bits per heavy atom. The molecule has 7 heteroatoms. The lowest BCUT2D eigenvalue weighted by molar-refractivity contribution is -0.123. The molecular weight excluding hydrogens is 332 g/mol. The van der Waals surface area contributed by atoms with Gasteiger partial charge in [0.05, 0.1) is 6.61 Å². The molecule has 1 aromatic rings. The first-order valence-electron chi connectivity index (χ1n) is 7.99. The maximum atomic E-state index is 11.9. The van der Waals surface area contributed by atoms with E-state index in [0.717, 1.165) is 6.42 Å². The summed E-state index contributed by atoms with van der Waals surface area (Å²) in [7, 11) is 0. The van der Waals surface area contributed by atoms with Crippen LogP contribution in [0.25, 0.3) is 0 Å². The Bertz CT molecular complexity index is 537. The van der Waals surface area contributed by atoms with Gasteiger partial charge in [-0.1, -0.05) is 31.5 Å². The third-order valence-electron chi connectivity index (χ3n) is 3.06. The summed E-state index contributed by atoms with van der Waals surface area (Å²) in [6.45, 7) is 6.34. The summed E-state index contributed by atoms with van der Waals surface area (Å²) < 4.78 is 10.3. The molecule has 0 saturated heterocycles. The minimum absolute atomic E-state index is 0.117. The molecule has 24 heavy (non-hydrogen) atoms. The summed E-state index contributed by atoms with van der Waals surface area (Å²) in [5, 5.41) is 6.05. The zero-order chi connectivity index (χ0) is 17.9. The maximum absolute atomic E-state index is 11.9. The van der Waals surface area contributed by atoms with Gasteiger partial charge in [-0.25, -0.2) is 4.79 Å². The van der Waals surface area contributed by atoms with Gasteiger partial charge in [-0.15, -0.1) is 0 Å². The average Bonchev–Trinajstić information content (AvgIpc) is 2.50. The minimum Gasteiger partial charge on any atom is -0.484 e. The van der Waals surface area contributed by atoms with Crippen molar-refractivity contribution in [3.63, 3.8) is 0 Å². The summed E-state index contributed by atoms with van der Waals surface area (Å²) in [5.41, 5.74) is 0. The molecule has 1 unspecified atom stereocenters. The van der Waals surface area contributed by atoms with Crippen LogP contribution in [0.3, 0.4) is 0 Å². The zero-order valence-electron chi connectivity index (χ0n) is 14.3. The van der Waals surface area contributed by atoms with E-state index >= 15 is 0 Å². The molecule has 0 bridgehead atoms. The predicted octanol–water partition coefficient (Wildman–Crippen LogP) is 3.00. The van der Waals surface area contributed by atoms with Gasteiger partial charge in [0.15, 0.2) is 6.61 Å². The van der Waals surface area contributed by atoms with Crippen LogP contribution in [0.1, 0.15) is 27.2 Å². The van der Waals surface area contributed by atoms with E-state index in [1.165, 1.54) is 0 Å². The molecule has 0 heterocycles. The Morgan fingerprint density at radius 1 is 1.29 bits per heavy atom. The van der Waals surface area contributed by atoms with Crippen molar-refractivity contribution in [1.29, 1.82) is 0 Å². The zero-order valence-corrected chi connectivity index (χ0v) is 15.1. The number of nitrogens with one attached hydrogen (secondary N) is 2. The number of rotatable bonds is 9. The number of hydrogen-bond donors (Lipinski definition) is 2. The molecule has 6 nitrogen and oxygen atoms in total. The first kappa shape index (κ1) is 20.1. The summed E-state index contributed by atoms with van der Waals surface area (Å²) in [6.07, 6.45) is 0.251. The van der Waals surface area contributed by atoms with Crippen molar-refractivity contribution >= 4 is 23.6 Å². The Labute approximate surface area is 147 Å². The molecule has 0 aromatic heterocycles. The number of hydrogen-bond acceptors (Lipinski definition) is 4. The number of alkyl carbamates (subject to hydrolysis) is 1. The number of amides is 2. The number of carbonyl (C=O) groups excluding carboxylic acids is 2. The first-order valence-corrected chi connectivity index (χ1v) is 8.36. The van der Waals surface area contributed by atoms with E-state index in [9.17, 15) is 9.59 Å². The Hall–Kier alpha value is -1.95. The van der Waals surface area contributed by atoms with Crippen molar-refractivity contribution in [2.75, 3.05) is 19.8 Å². The van der Waals surface area contributed by atoms with E-state index in [1.807, 2.05) is 13.8 Å². The normalized spacial score (nSPS) is 11.7. The van der Waals surface area contributed by atoms with Gasteiger partial charge < -0.3 is 20.1 Å². The van der Waals surface area contributed by atoms with Crippen LogP contribution in [0.5, 0.6) is 5.75 Å². The van der Waals surface area contributed by atoms with Crippen molar-refractivity contribution in [3.05, 3.63) is 29.3 Å². The molecular formula is C17H25ClN2O4. The Balaban J connectivity index is 2.40. The molecule has 1 rings (SSSR count). The lowest BCUT2D eigenvalue weighted by Crippen LogP contribution is -2.45. The molecule has 0 radical (unpaired) electrons. The first-order chi connectivity index (χ1) is 11.4.